The van der Waals surface area contributed by atoms with Gasteiger partial charge in [0.1, 0.15) is 0 Å². The van der Waals surface area contributed by atoms with Crippen LogP contribution in [0.5, 0.6) is 0 Å². The van der Waals surface area contributed by atoms with Gasteiger partial charge in [-0.15, -0.1) is 0 Å². The Morgan fingerprint density at radius 2 is 1.88 bits per heavy atom. The lowest BCUT2D eigenvalue weighted by Gasteiger charge is -2.28. The summed E-state index contributed by atoms with van der Waals surface area (Å²) in [6, 6.07) is 5.12. The van der Waals surface area contributed by atoms with Gasteiger partial charge in [0.15, 0.2) is 6.29 Å². The number of aldehydes is 1. The molecule has 1 aliphatic heterocycles. The van der Waals surface area contributed by atoms with Crippen molar-refractivity contribution < 1.29 is 14.4 Å². The van der Waals surface area contributed by atoms with E-state index < -0.39 is 0 Å². The van der Waals surface area contributed by atoms with Crippen LogP contribution in [0, 0.1) is 0 Å². The lowest BCUT2D eigenvalue weighted by Crippen LogP contribution is -2.51. The molecule has 1 saturated heterocycles. The molecule has 2 amide bonds. The fraction of sp³-hybridized carbons (Fsp3) is 0.182. The molecule has 6 heteroatoms. The van der Waals surface area contributed by atoms with E-state index in [1.807, 2.05) is 0 Å². The van der Waals surface area contributed by atoms with Crippen molar-refractivity contribution in [3.05, 3.63) is 28.2 Å². The summed E-state index contributed by atoms with van der Waals surface area (Å²) in [5.74, 6) is -0.720. The Morgan fingerprint density at radius 1 is 1.24 bits per heavy atom. The van der Waals surface area contributed by atoms with Crippen LogP contribution in [-0.4, -0.2) is 31.2 Å². The van der Waals surface area contributed by atoms with Crippen LogP contribution < -0.4 is 10.2 Å². The van der Waals surface area contributed by atoms with Crippen molar-refractivity contribution in [2.45, 2.75) is 0 Å². The van der Waals surface area contributed by atoms with Crippen molar-refractivity contribution in [2.75, 3.05) is 18.0 Å². The molecule has 17 heavy (non-hydrogen) atoms. The Balaban J connectivity index is 2.36. The molecular formula is C11H9BrN2O3. The van der Waals surface area contributed by atoms with E-state index in [1.54, 1.807) is 23.1 Å². The second-order valence-electron chi connectivity index (χ2n) is 3.65. The van der Waals surface area contributed by atoms with Crippen molar-refractivity contribution in [2.24, 2.45) is 0 Å². The zero-order valence-electron chi connectivity index (χ0n) is 8.77. The maximum atomic E-state index is 11.3. The Kier molecular flexibility index (Phi) is 3.23. The molecule has 1 heterocycles. The number of benzene rings is 1. The largest absolute Gasteiger partial charge is 0.352 e. The van der Waals surface area contributed by atoms with Gasteiger partial charge in [-0.25, -0.2) is 0 Å². The molecule has 0 bridgehead atoms. The van der Waals surface area contributed by atoms with E-state index in [1.165, 1.54) is 0 Å². The maximum absolute atomic E-state index is 11.3. The van der Waals surface area contributed by atoms with Gasteiger partial charge in [-0.2, -0.15) is 0 Å². The summed E-state index contributed by atoms with van der Waals surface area (Å²) in [6.45, 7) is 0.155. The molecule has 2 rings (SSSR count). The number of carbonyl (C=O) groups is 3. The summed E-state index contributed by atoms with van der Waals surface area (Å²) in [6.07, 6.45) is 0.705. The number of anilines is 1. The molecule has 1 aliphatic rings. The van der Waals surface area contributed by atoms with Crippen LogP contribution in [0.25, 0.3) is 0 Å². The Hall–Kier alpha value is -1.69. The quantitative estimate of drug-likeness (QED) is 0.645. The van der Waals surface area contributed by atoms with Gasteiger partial charge >= 0.3 is 0 Å². The van der Waals surface area contributed by atoms with Gasteiger partial charge in [-0.1, -0.05) is 15.9 Å². The smallest absolute Gasteiger partial charge is 0.246 e. The summed E-state index contributed by atoms with van der Waals surface area (Å²) < 4.78 is 0.774. The second-order valence-corrected chi connectivity index (χ2v) is 4.56. The van der Waals surface area contributed by atoms with Crippen LogP contribution in [0.4, 0.5) is 5.69 Å². The van der Waals surface area contributed by atoms with Crippen LogP contribution in [0.2, 0.25) is 0 Å². The molecule has 0 unspecified atom stereocenters. The van der Waals surface area contributed by atoms with E-state index in [-0.39, 0.29) is 24.9 Å². The van der Waals surface area contributed by atoms with Gasteiger partial charge in [0.2, 0.25) is 11.8 Å². The Morgan fingerprint density at radius 3 is 2.47 bits per heavy atom. The first-order valence-corrected chi connectivity index (χ1v) is 5.72. The van der Waals surface area contributed by atoms with E-state index >= 15 is 0 Å². The summed E-state index contributed by atoms with van der Waals surface area (Å²) >= 11 is 3.26. The zero-order valence-corrected chi connectivity index (χ0v) is 10.4. The SMILES string of the molecule is O=Cc1cc(Br)ccc1N1CC(=O)NC(=O)C1. The van der Waals surface area contributed by atoms with Crippen molar-refractivity contribution in [3.63, 3.8) is 0 Å². The summed E-state index contributed by atoms with van der Waals surface area (Å²) in [5, 5.41) is 2.21. The van der Waals surface area contributed by atoms with Gasteiger partial charge < -0.3 is 4.90 Å². The lowest BCUT2D eigenvalue weighted by atomic mass is 10.1. The maximum Gasteiger partial charge on any atom is 0.246 e. The average molecular weight is 297 g/mol. The number of hydrogen-bond acceptors (Lipinski definition) is 4. The van der Waals surface area contributed by atoms with E-state index in [0.717, 1.165) is 4.47 Å². The van der Waals surface area contributed by atoms with Crippen molar-refractivity contribution in [3.8, 4) is 0 Å². The third kappa shape index (κ3) is 2.52. The Labute approximate surface area is 106 Å². The molecule has 1 aromatic carbocycles. The molecule has 0 aromatic heterocycles. The summed E-state index contributed by atoms with van der Waals surface area (Å²) in [5.41, 5.74) is 1.04. The van der Waals surface area contributed by atoms with Crippen molar-refractivity contribution >= 4 is 39.7 Å². The predicted octanol–water partition coefficient (Wildman–Crippen LogP) is 0.724. The van der Waals surface area contributed by atoms with Gasteiger partial charge in [-0.3, -0.25) is 19.7 Å². The van der Waals surface area contributed by atoms with Crippen LogP contribution in [0.15, 0.2) is 22.7 Å². The molecule has 0 saturated carbocycles. The van der Waals surface area contributed by atoms with E-state index in [9.17, 15) is 14.4 Å². The number of carbonyl (C=O) groups excluding carboxylic acids is 3. The minimum absolute atomic E-state index is 0.0776. The van der Waals surface area contributed by atoms with Crippen LogP contribution in [0.1, 0.15) is 10.4 Å². The predicted molar refractivity (Wildman–Crippen MR) is 64.9 cm³/mol. The van der Waals surface area contributed by atoms with Gasteiger partial charge in [-0.05, 0) is 18.2 Å². The first kappa shape index (κ1) is 11.8. The van der Waals surface area contributed by atoms with E-state index in [0.29, 0.717) is 17.5 Å². The third-order valence-corrected chi connectivity index (χ3v) is 2.90. The standard InChI is InChI=1S/C11H9BrN2O3/c12-8-1-2-9(7(3-8)6-15)14-4-10(16)13-11(17)5-14/h1-3,6H,4-5H2,(H,13,16,17). The van der Waals surface area contributed by atoms with Crippen LogP contribution in [-0.2, 0) is 9.59 Å². The summed E-state index contributed by atoms with van der Waals surface area (Å²) in [7, 11) is 0. The average Bonchev–Trinajstić information content (AvgIpc) is 2.27. The molecule has 1 N–H and O–H groups in total. The molecule has 0 atom stereocenters. The Bertz CT molecular complexity index is 485. The van der Waals surface area contributed by atoms with E-state index in [4.69, 9.17) is 0 Å². The number of nitrogens with one attached hydrogen (secondary N) is 1. The molecule has 1 aromatic rings. The molecule has 0 aliphatic carbocycles. The highest BCUT2D eigenvalue weighted by molar-refractivity contribution is 9.10. The normalized spacial score (nSPS) is 15.7. The topological polar surface area (TPSA) is 66.5 Å². The lowest BCUT2D eigenvalue weighted by molar-refractivity contribution is -0.130. The third-order valence-electron chi connectivity index (χ3n) is 2.41. The van der Waals surface area contributed by atoms with Crippen LogP contribution >= 0.6 is 15.9 Å². The number of hydrogen-bond donors (Lipinski definition) is 1. The van der Waals surface area contributed by atoms with Crippen molar-refractivity contribution in [1.82, 2.24) is 5.32 Å². The number of piperazine rings is 1. The number of imide groups is 1. The van der Waals surface area contributed by atoms with Gasteiger partial charge in [0.25, 0.3) is 0 Å². The fourth-order valence-electron chi connectivity index (χ4n) is 1.72. The van der Waals surface area contributed by atoms with Crippen LogP contribution in [0.3, 0.4) is 0 Å². The second kappa shape index (κ2) is 4.67. The first-order chi connectivity index (χ1) is 8.10. The number of halogens is 1. The number of rotatable bonds is 2. The fourth-order valence-corrected chi connectivity index (χ4v) is 2.09. The molecule has 0 radical (unpaired) electrons. The highest BCUT2D eigenvalue weighted by Crippen LogP contribution is 2.23. The number of nitrogens with zero attached hydrogens (tertiary/aromatic N) is 1. The van der Waals surface area contributed by atoms with E-state index in [2.05, 4.69) is 21.2 Å². The minimum Gasteiger partial charge on any atom is -0.352 e. The molecule has 88 valence electrons. The van der Waals surface area contributed by atoms with Gasteiger partial charge in [0, 0.05) is 15.7 Å². The molecule has 0 spiro atoms. The molecule has 5 nitrogen and oxygen atoms in total. The van der Waals surface area contributed by atoms with Crippen molar-refractivity contribution in [1.29, 1.82) is 0 Å². The monoisotopic (exact) mass is 296 g/mol. The number of amides is 2. The first-order valence-electron chi connectivity index (χ1n) is 4.92. The molecule has 1 fully saturated rings. The summed E-state index contributed by atoms with van der Waals surface area (Å²) in [4.78, 5) is 35.0. The highest BCUT2D eigenvalue weighted by atomic mass is 79.9. The zero-order chi connectivity index (χ0) is 12.4. The minimum atomic E-state index is -0.360. The van der Waals surface area contributed by atoms with Gasteiger partial charge in [0.05, 0.1) is 13.1 Å². The highest BCUT2D eigenvalue weighted by Gasteiger charge is 2.24. The molecular weight excluding hydrogens is 288 g/mol.